The molecule has 0 spiro atoms. The van der Waals surface area contributed by atoms with Crippen LogP contribution in [0.15, 0.2) is 59.6 Å². The van der Waals surface area contributed by atoms with Gasteiger partial charge in [-0.3, -0.25) is 4.99 Å². The SMILES string of the molecule is CN=C(NCCC(C)c1ccc(OC)cc1)NCCS(=O)(=O)NCc1ccccc1.I. The Morgan fingerprint density at radius 2 is 1.68 bits per heavy atom. The minimum Gasteiger partial charge on any atom is -0.497 e. The summed E-state index contributed by atoms with van der Waals surface area (Å²) >= 11 is 0. The van der Waals surface area contributed by atoms with Gasteiger partial charge in [0, 0.05) is 26.7 Å². The zero-order valence-corrected chi connectivity index (χ0v) is 21.4. The first kappa shape index (κ1) is 27.2. The monoisotopic (exact) mass is 560 g/mol. The van der Waals surface area contributed by atoms with E-state index in [0.29, 0.717) is 18.4 Å². The van der Waals surface area contributed by atoms with E-state index in [0.717, 1.165) is 24.3 Å². The predicted molar refractivity (Wildman–Crippen MR) is 138 cm³/mol. The second kappa shape index (κ2) is 14.3. The lowest BCUT2D eigenvalue weighted by atomic mass is 9.98. The van der Waals surface area contributed by atoms with Gasteiger partial charge in [-0.05, 0) is 35.6 Å². The molecule has 9 heteroatoms. The summed E-state index contributed by atoms with van der Waals surface area (Å²) in [5.41, 5.74) is 2.17. The number of nitrogens with one attached hydrogen (secondary N) is 3. The van der Waals surface area contributed by atoms with Gasteiger partial charge in [0.05, 0.1) is 12.9 Å². The number of halogens is 1. The highest BCUT2D eigenvalue weighted by Crippen LogP contribution is 2.21. The number of nitrogens with zero attached hydrogens (tertiary/aromatic N) is 1. The first-order valence-electron chi connectivity index (χ1n) is 10.0. The van der Waals surface area contributed by atoms with Gasteiger partial charge in [0.2, 0.25) is 10.0 Å². The Kier molecular flexibility index (Phi) is 12.5. The van der Waals surface area contributed by atoms with Crippen LogP contribution < -0.4 is 20.1 Å². The first-order chi connectivity index (χ1) is 14.4. The second-order valence-electron chi connectivity index (χ2n) is 7.01. The fourth-order valence-corrected chi connectivity index (χ4v) is 3.79. The van der Waals surface area contributed by atoms with Gasteiger partial charge in [0.15, 0.2) is 5.96 Å². The number of hydrogen-bond donors (Lipinski definition) is 3. The highest BCUT2D eigenvalue weighted by molar-refractivity contribution is 14.0. The molecule has 0 saturated carbocycles. The van der Waals surface area contributed by atoms with Crippen LogP contribution in [-0.4, -0.2) is 47.4 Å². The summed E-state index contributed by atoms with van der Waals surface area (Å²) in [4.78, 5) is 4.16. The number of sulfonamides is 1. The molecular formula is C22H33IN4O3S. The van der Waals surface area contributed by atoms with Crippen LogP contribution in [0.2, 0.25) is 0 Å². The maximum absolute atomic E-state index is 12.2. The molecule has 31 heavy (non-hydrogen) atoms. The normalized spacial score (nSPS) is 12.5. The smallest absolute Gasteiger partial charge is 0.213 e. The van der Waals surface area contributed by atoms with Crippen LogP contribution in [0.5, 0.6) is 5.75 Å². The number of methoxy groups -OCH3 is 1. The molecule has 1 atom stereocenters. The molecule has 0 amide bonds. The fraction of sp³-hybridized carbons (Fsp3) is 0.409. The predicted octanol–water partition coefficient (Wildman–Crippen LogP) is 3.09. The van der Waals surface area contributed by atoms with Gasteiger partial charge >= 0.3 is 0 Å². The van der Waals surface area contributed by atoms with E-state index < -0.39 is 10.0 Å². The molecule has 7 nitrogen and oxygen atoms in total. The lowest BCUT2D eigenvalue weighted by molar-refractivity contribution is 0.414. The number of ether oxygens (including phenoxy) is 1. The van der Waals surface area contributed by atoms with E-state index in [4.69, 9.17) is 4.74 Å². The zero-order chi connectivity index (χ0) is 21.8. The molecule has 0 radical (unpaired) electrons. The highest BCUT2D eigenvalue weighted by atomic mass is 127. The van der Waals surface area contributed by atoms with Crippen molar-refractivity contribution in [3.63, 3.8) is 0 Å². The van der Waals surface area contributed by atoms with Crippen LogP contribution in [0.4, 0.5) is 0 Å². The number of benzene rings is 2. The van der Waals surface area contributed by atoms with Crippen molar-refractivity contribution >= 4 is 40.0 Å². The molecule has 0 aliphatic heterocycles. The van der Waals surface area contributed by atoms with Crippen molar-refractivity contribution in [2.45, 2.75) is 25.8 Å². The molecular weight excluding hydrogens is 527 g/mol. The fourth-order valence-electron chi connectivity index (χ4n) is 2.89. The zero-order valence-electron chi connectivity index (χ0n) is 18.3. The van der Waals surface area contributed by atoms with Crippen molar-refractivity contribution in [3.05, 3.63) is 65.7 Å². The molecule has 3 N–H and O–H groups in total. The summed E-state index contributed by atoms with van der Waals surface area (Å²) in [5.74, 6) is 1.80. The summed E-state index contributed by atoms with van der Waals surface area (Å²) in [7, 11) is -0.0356. The standard InChI is InChI=1S/C22H32N4O3S.HI/c1-18(20-9-11-21(29-3)12-10-20)13-14-24-22(23-2)25-15-16-30(27,28)26-17-19-7-5-4-6-8-19;/h4-12,18,26H,13-17H2,1-3H3,(H2,23,24,25);1H. The number of aliphatic imine (C=N–C) groups is 1. The molecule has 2 aromatic carbocycles. The Balaban J connectivity index is 0.00000480. The molecule has 2 aromatic rings. The number of hydrogen-bond acceptors (Lipinski definition) is 4. The molecule has 1 unspecified atom stereocenters. The number of guanidine groups is 1. The Hall–Kier alpha value is -1.85. The highest BCUT2D eigenvalue weighted by Gasteiger charge is 2.11. The summed E-state index contributed by atoms with van der Waals surface area (Å²) in [6.45, 7) is 3.47. The lowest BCUT2D eigenvalue weighted by Crippen LogP contribution is -2.41. The average Bonchev–Trinajstić information content (AvgIpc) is 2.77. The molecule has 0 fully saturated rings. The maximum atomic E-state index is 12.2. The van der Waals surface area contributed by atoms with Crippen LogP contribution in [-0.2, 0) is 16.6 Å². The Labute approximate surface area is 203 Å². The van der Waals surface area contributed by atoms with Gasteiger partial charge in [-0.1, -0.05) is 49.4 Å². The molecule has 0 saturated heterocycles. The summed E-state index contributed by atoms with van der Waals surface area (Å²) in [6, 6.07) is 17.5. The van der Waals surface area contributed by atoms with E-state index in [1.165, 1.54) is 5.56 Å². The van der Waals surface area contributed by atoms with Crippen molar-refractivity contribution in [1.29, 1.82) is 0 Å². The van der Waals surface area contributed by atoms with E-state index >= 15 is 0 Å². The van der Waals surface area contributed by atoms with Gasteiger partial charge in [0.1, 0.15) is 5.75 Å². The second-order valence-corrected chi connectivity index (χ2v) is 8.94. The van der Waals surface area contributed by atoms with Gasteiger partial charge in [0.25, 0.3) is 0 Å². The van der Waals surface area contributed by atoms with Gasteiger partial charge in [-0.15, -0.1) is 24.0 Å². The minimum absolute atomic E-state index is 0. The van der Waals surface area contributed by atoms with Gasteiger partial charge in [-0.2, -0.15) is 0 Å². The quantitative estimate of drug-likeness (QED) is 0.223. The van der Waals surface area contributed by atoms with Crippen molar-refractivity contribution in [2.75, 3.05) is 33.0 Å². The van der Waals surface area contributed by atoms with E-state index in [9.17, 15) is 8.42 Å². The third-order valence-corrected chi connectivity index (χ3v) is 6.11. The molecule has 172 valence electrons. The Morgan fingerprint density at radius 1 is 1.03 bits per heavy atom. The van der Waals surface area contributed by atoms with E-state index in [1.807, 2.05) is 42.5 Å². The largest absolute Gasteiger partial charge is 0.497 e. The summed E-state index contributed by atoms with van der Waals surface area (Å²) in [5, 5.41) is 6.29. The summed E-state index contributed by atoms with van der Waals surface area (Å²) in [6.07, 6.45) is 0.921. The van der Waals surface area contributed by atoms with E-state index in [1.54, 1.807) is 14.2 Å². The first-order valence-corrected chi connectivity index (χ1v) is 11.7. The molecule has 0 bridgehead atoms. The molecule has 0 aromatic heterocycles. The Bertz CT molecular complexity index is 891. The lowest BCUT2D eigenvalue weighted by Gasteiger charge is -2.15. The topological polar surface area (TPSA) is 91.8 Å². The van der Waals surface area contributed by atoms with Crippen LogP contribution in [0, 0.1) is 0 Å². The van der Waals surface area contributed by atoms with Crippen LogP contribution >= 0.6 is 24.0 Å². The Morgan fingerprint density at radius 3 is 2.29 bits per heavy atom. The average molecular weight is 561 g/mol. The van der Waals surface area contributed by atoms with Crippen LogP contribution in [0.3, 0.4) is 0 Å². The van der Waals surface area contributed by atoms with Crippen molar-refractivity contribution in [2.24, 2.45) is 4.99 Å². The molecule has 0 aliphatic carbocycles. The van der Waals surface area contributed by atoms with Gasteiger partial charge < -0.3 is 15.4 Å². The van der Waals surface area contributed by atoms with Crippen molar-refractivity contribution in [1.82, 2.24) is 15.4 Å². The summed E-state index contributed by atoms with van der Waals surface area (Å²) < 4.78 is 32.1. The molecule has 0 heterocycles. The molecule has 2 rings (SSSR count). The van der Waals surface area contributed by atoms with E-state index in [2.05, 4.69) is 39.4 Å². The van der Waals surface area contributed by atoms with Crippen LogP contribution in [0.25, 0.3) is 0 Å². The molecule has 0 aliphatic rings. The van der Waals surface area contributed by atoms with Gasteiger partial charge in [-0.25, -0.2) is 13.1 Å². The van der Waals surface area contributed by atoms with Crippen LogP contribution in [0.1, 0.15) is 30.4 Å². The maximum Gasteiger partial charge on any atom is 0.213 e. The third-order valence-electron chi connectivity index (χ3n) is 4.78. The van der Waals surface area contributed by atoms with Crippen molar-refractivity contribution in [3.8, 4) is 5.75 Å². The van der Waals surface area contributed by atoms with E-state index in [-0.39, 0.29) is 36.3 Å². The number of rotatable bonds is 11. The minimum atomic E-state index is -3.36. The van der Waals surface area contributed by atoms with Crippen molar-refractivity contribution < 1.29 is 13.2 Å². The third kappa shape index (κ3) is 10.3.